The lowest BCUT2D eigenvalue weighted by Gasteiger charge is -1.99. The van der Waals surface area contributed by atoms with E-state index in [2.05, 4.69) is 10.3 Å². The Hall–Kier alpha value is -2.08. The van der Waals surface area contributed by atoms with Crippen molar-refractivity contribution < 1.29 is 9.18 Å². The van der Waals surface area contributed by atoms with Crippen molar-refractivity contribution in [1.29, 1.82) is 0 Å². The maximum atomic E-state index is 13.4. The number of ketones is 1. The normalized spacial score (nSPS) is 10.6. The standard InChI is InChI=1S/C12H13FN4O/c1-8-2-3-9(6-10(8)13)12(18)11-7-17(5-4-14)16-15-11/h2-3,6-7H,4-5,14H2,1H3. The minimum atomic E-state index is -0.407. The van der Waals surface area contributed by atoms with Gasteiger partial charge in [0.1, 0.15) is 5.82 Å². The first kappa shape index (κ1) is 12.4. The zero-order valence-corrected chi connectivity index (χ0v) is 9.93. The third kappa shape index (κ3) is 2.43. The molecule has 0 amide bonds. The molecule has 0 unspecified atom stereocenters. The second kappa shape index (κ2) is 5.05. The molecule has 94 valence electrons. The van der Waals surface area contributed by atoms with Gasteiger partial charge in [-0.2, -0.15) is 0 Å². The van der Waals surface area contributed by atoms with Gasteiger partial charge in [-0.1, -0.05) is 17.3 Å². The molecule has 2 aromatic rings. The van der Waals surface area contributed by atoms with Gasteiger partial charge in [0, 0.05) is 12.1 Å². The largest absolute Gasteiger partial charge is 0.329 e. The minimum absolute atomic E-state index is 0.187. The minimum Gasteiger partial charge on any atom is -0.329 e. The number of aryl methyl sites for hydroxylation is 1. The van der Waals surface area contributed by atoms with E-state index in [-0.39, 0.29) is 17.0 Å². The summed E-state index contributed by atoms with van der Waals surface area (Å²) in [5.41, 5.74) is 6.32. The van der Waals surface area contributed by atoms with Crippen LogP contribution in [0.15, 0.2) is 24.4 Å². The van der Waals surface area contributed by atoms with Gasteiger partial charge >= 0.3 is 0 Å². The van der Waals surface area contributed by atoms with E-state index >= 15 is 0 Å². The number of aromatic nitrogens is 3. The van der Waals surface area contributed by atoms with Crippen LogP contribution < -0.4 is 5.73 Å². The first-order chi connectivity index (χ1) is 8.61. The summed E-state index contributed by atoms with van der Waals surface area (Å²) in [7, 11) is 0. The van der Waals surface area contributed by atoms with Crippen molar-refractivity contribution >= 4 is 5.78 Å². The summed E-state index contributed by atoms with van der Waals surface area (Å²) in [5.74, 6) is -0.757. The number of rotatable bonds is 4. The van der Waals surface area contributed by atoms with Crippen LogP contribution in [-0.4, -0.2) is 27.3 Å². The Bertz CT molecular complexity index is 579. The molecule has 0 aliphatic rings. The van der Waals surface area contributed by atoms with Crippen molar-refractivity contribution in [2.75, 3.05) is 6.54 Å². The second-order valence-electron chi connectivity index (χ2n) is 3.95. The fourth-order valence-corrected chi connectivity index (χ4v) is 1.53. The summed E-state index contributed by atoms with van der Waals surface area (Å²) in [5, 5.41) is 7.51. The van der Waals surface area contributed by atoms with Gasteiger partial charge in [0.05, 0.1) is 12.7 Å². The molecule has 18 heavy (non-hydrogen) atoms. The van der Waals surface area contributed by atoms with E-state index in [0.717, 1.165) is 0 Å². The lowest BCUT2D eigenvalue weighted by molar-refractivity contribution is 0.103. The van der Waals surface area contributed by atoms with Crippen LogP contribution in [0.4, 0.5) is 4.39 Å². The van der Waals surface area contributed by atoms with E-state index in [1.807, 2.05) is 0 Å². The molecule has 0 atom stereocenters. The summed E-state index contributed by atoms with van der Waals surface area (Å²) in [6, 6.07) is 4.34. The van der Waals surface area contributed by atoms with E-state index < -0.39 is 5.82 Å². The molecule has 0 saturated heterocycles. The average Bonchev–Trinajstić information content (AvgIpc) is 2.81. The van der Waals surface area contributed by atoms with E-state index in [4.69, 9.17) is 5.73 Å². The van der Waals surface area contributed by atoms with Crippen molar-refractivity contribution in [2.24, 2.45) is 5.73 Å². The van der Waals surface area contributed by atoms with Crippen molar-refractivity contribution in [2.45, 2.75) is 13.5 Å². The summed E-state index contributed by atoms with van der Waals surface area (Å²) >= 11 is 0. The Balaban J connectivity index is 2.26. The van der Waals surface area contributed by atoms with Crippen LogP contribution in [0.5, 0.6) is 0 Å². The number of halogens is 1. The molecule has 6 heteroatoms. The Kier molecular flexibility index (Phi) is 3.47. The molecule has 5 nitrogen and oxygen atoms in total. The summed E-state index contributed by atoms with van der Waals surface area (Å²) in [6.45, 7) is 2.54. The highest BCUT2D eigenvalue weighted by molar-refractivity contribution is 6.07. The van der Waals surface area contributed by atoms with Gasteiger partial charge in [-0.05, 0) is 18.6 Å². The summed E-state index contributed by atoms with van der Waals surface area (Å²) in [4.78, 5) is 12.0. The van der Waals surface area contributed by atoms with Crippen LogP contribution in [-0.2, 0) is 6.54 Å². The number of carbonyl (C=O) groups excluding carboxylic acids is 1. The highest BCUT2D eigenvalue weighted by Crippen LogP contribution is 2.12. The number of benzene rings is 1. The predicted molar refractivity (Wildman–Crippen MR) is 63.6 cm³/mol. The van der Waals surface area contributed by atoms with Crippen LogP contribution in [0.3, 0.4) is 0 Å². The Morgan fingerprint density at radius 2 is 2.28 bits per heavy atom. The average molecular weight is 248 g/mol. The molecule has 1 aromatic carbocycles. The molecule has 2 N–H and O–H groups in total. The molecule has 2 rings (SSSR count). The van der Waals surface area contributed by atoms with Crippen LogP contribution in [0, 0.1) is 12.7 Å². The van der Waals surface area contributed by atoms with Gasteiger partial charge < -0.3 is 5.73 Å². The quantitative estimate of drug-likeness (QED) is 0.816. The van der Waals surface area contributed by atoms with E-state index in [0.29, 0.717) is 18.7 Å². The highest BCUT2D eigenvalue weighted by atomic mass is 19.1. The third-order valence-corrected chi connectivity index (χ3v) is 2.56. The van der Waals surface area contributed by atoms with Gasteiger partial charge in [0.15, 0.2) is 5.69 Å². The highest BCUT2D eigenvalue weighted by Gasteiger charge is 2.14. The predicted octanol–water partition coefficient (Wildman–Crippen LogP) is 0.915. The molecule has 0 radical (unpaired) electrons. The fourth-order valence-electron chi connectivity index (χ4n) is 1.53. The van der Waals surface area contributed by atoms with Crippen LogP contribution in [0.1, 0.15) is 21.6 Å². The molecular weight excluding hydrogens is 235 g/mol. The monoisotopic (exact) mass is 248 g/mol. The lowest BCUT2D eigenvalue weighted by Crippen LogP contribution is -2.10. The first-order valence-electron chi connectivity index (χ1n) is 5.53. The zero-order valence-electron chi connectivity index (χ0n) is 9.93. The van der Waals surface area contributed by atoms with Crippen molar-refractivity contribution in [3.8, 4) is 0 Å². The van der Waals surface area contributed by atoms with Crippen molar-refractivity contribution in [1.82, 2.24) is 15.0 Å². The smallest absolute Gasteiger partial charge is 0.214 e. The van der Waals surface area contributed by atoms with Gasteiger partial charge in [0.25, 0.3) is 0 Å². The van der Waals surface area contributed by atoms with Crippen molar-refractivity contribution in [3.05, 3.63) is 47.0 Å². The van der Waals surface area contributed by atoms with Crippen molar-refractivity contribution in [3.63, 3.8) is 0 Å². The molecule has 1 aromatic heterocycles. The maximum Gasteiger partial charge on any atom is 0.214 e. The molecule has 0 fully saturated rings. The van der Waals surface area contributed by atoms with Gasteiger partial charge in [0.2, 0.25) is 5.78 Å². The lowest BCUT2D eigenvalue weighted by atomic mass is 10.1. The molecular formula is C12H13FN4O. The Morgan fingerprint density at radius 3 is 2.94 bits per heavy atom. The molecule has 0 spiro atoms. The molecule has 0 aliphatic heterocycles. The molecule has 1 heterocycles. The Labute approximate surface area is 103 Å². The number of hydrogen-bond acceptors (Lipinski definition) is 4. The fraction of sp³-hybridized carbons (Fsp3) is 0.250. The number of nitrogens with zero attached hydrogens (tertiary/aromatic N) is 3. The van der Waals surface area contributed by atoms with E-state index in [1.165, 1.54) is 16.9 Å². The van der Waals surface area contributed by atoms with E-state index in [1.54, 1.807) is 19.1 Å². The maximum absolute atomic E-state index is 13.4. The van der Waals surface area contributed by atoms with Gasteiger partial charge in [-0.3, -0.25) is 9.48 Å². The first-order valence-corrected chi connectivity index (χ1v) is 5.53. The summed E-state index contributed by atoms with van der Waals surface area (Å²) in [6.07, 6.45) is 1.51. The molecule has 0 aliphatic carbocycles. The molecule has 0 bridgehead atoms. The number of nitrogens with two attached hydrogens (primary N) is 1. The Morgan fingerprint density at radius 1 is 1.50 bits per heavy atom. The number of carbonyl (C=O) groups is 1. The van der Waals surface area contributed by atoms with Crippen LogP contribution in [0.2, 0.25) is 0 Å². The van der Waals surface area contributed by atoms with Gasteiger partial charge in [-0.25, -0.2) is 4.39 Å². The topological polar surface area (TPSA) is 73.8 Å². The third-order valence-electron chi connectivity index (χ3n) is 2.56. The van der Waals surface area contributed by atoms with Crippen LogP contribution in [0.25, 0.3) is 0 Å². The summed E-state index contributed by atoms with van der Waals surface area (Å²) < 4.78 is 14.9. The number of hydrogen-bond donors (Lipinski definition) is 1. The van der Waals surface area contributed by atoms with Crippen LogP contribution >= 0.6 is 0 Å². The van der Waals surface area contributed by atoms with Gasteiger partial charge in [-0.15, -0.1) is 5.10 Å². The zero-order chi connectivity index (χ0) is 13.1. The second-order valence-corrected chi connectivity index (χ2v) is 3.95. The SMILES string of the molecule is Cc1ccc(C(=O)c2cn(CCN)nn2)cc1F. The van der Waals surface area contributed by atoms with E-state index in [9.17, 15) is 9.18 Å². The molecule has 0 saturated carbocycles.